The Morgan fingerprint density at radius 3 is 2.52 bits per heavy atom. The topological polar surface area (TPSA) is 37.6 Å². The van der Waals surface area contributed by atoms with Crippen LogP contribution < -0.4 is 0 Å². The molecule has 0 radical (unpaired) electrons. The maximum Gasteiger partial charge on any atom is 0.228 e. The number of imidazole rings is 1. The molecule has 0 N–H and O–H groups in total. The van der Waals surface area contributed by atoms with E-state index in [9.17, 15) is 4.79 Å². The lowest BCUT2D eigenvalue weighted by atomic mass is 10.1. The maximum absolute atomic E-state index is 12.7. The van der Waals surface area contributed by atoms with Crippen LogP contribution in [0.1, 0.15) is 34.6 Å². The zero-order valence-electron chi connectivity index (χ0n) is 25.5. The molecule has 0 aliphatic carbocycles. The first-order chi connectivity index (χ1) is 16.3. The van der Waals surface area contributed by atoms with Gasteiger partial charge in [0.1, 0.15) is 5.65 Å². The van der Waals surface area contributed by atoms with Crippen LogP contribution in [0.2, 0.25) is 0 Å². The number of rotatable bonds is 3. The molecule has 0 bridgehead atoms. The van der Waals surface area contributed by atoms with Gasteiger partial charge in [0, 0.05) is 34.1 Å². The molecule has 4 heteroatoms. The molecule has 3 aromatic rings. The van der Waals surface area contributed by atoms with Crippen molar-refractivity contribution in [2.75, 3.05) is 14.1 Å². The van der Waals surface area contributed by atoms with Crippen molar-refractivity contribution in [2.24, 2.45) is 0 Å². The van der Waals surface area contributed by atoms with Crippen LogP contribution in [0.5, 0.6) is 0 Å². The summed E-state index contributed by atoms with van der Waals surface area (Å²) in [5.41, 5.74) is -3.01. The van der Waals surface area contributed by atoms with Gasteiger partial charge in [0.05, 0.1) is 27.4 Å². The lowest BCUT2D eigenvalue weighted by Crippen LogP contribution is -2.24. The Hall–Kier alpha value is -2.62. The van der Waals surface area contributed by atoms with Crippen LogP contribution in [0, 0.1) is 13.7 Å². The lowest BCUT2D eigenvalue weighted by molar-refractivity contribution is -0.128. The van der Waals surface area contributed by atoms with Crippen molar-refractivity contribution in [3.05, 3.63) is 59.2 Å². The third-order valence-corrected chi connectivity index (χ3v) is 3.17. The van der Waals surface area contributed by atoms with Gasteiger partial charge in [-0.25, -0.2) is 4.98 Å². The number of amides is 1. The van der Waals surface area contributed by atoms with Crippen molar-refractivity contribution in [3.8, 4) is 11.3 Å². The fourth-order valence-corrected chi connectivity index (χ4v) is 2.01. The normalized spacial score (nSPS) is 20.2. The molecular formula is C19H21N3O. The standard InChI is InChI=1S/C19H21N3O/c1-13-5-8-15(9-6-13)19-16(11-18(23)21(3)4)22-12-14(2)7-10-17(22)20-19/h5-10,12H,11H2,1-4H3/i1D3,2D3,5D,6D,7D,8D,9D,10D,12D. The molecule has 3 rings (SSSR count). The summed E-state index contributed by atoms with van der Waals surface area (Å²) < 4.78 is 105. The monoisotopic (exact) mass is 320 g/mol. The SMILES string of the molecule is [2H]c1c([2H])c(C([2H])([2H])[2H])c([2H])c([2H])c1-c1nc2c([2H])c([2H])c(C([2H])([2H])[2H])c([2H])n2c1CC(=O)N(C)C. The summed E-state index contributed by atoms with van der Waals surface area (Å²) in [6, 6.07) is -4.72. The van der Waals surface area contributed by atoms with Gasteiger partial charge >= 0.3 is 0 Å². The van der Waals surface area contributed by atoms with Crippen LogP contribution in [0.15, 0.2) is 42.4 Å². The number of benzene rings is 1. The van der Waals surface area contributed by atoms with Crippen molar-refractivity contribution in [2.45, 2.75) is 20.1 Å². The van der Waals surface area contributed by atoms with E-state index in [-0.39, 0.29) is 11.4 Å². The molecule has 23 heavy (non-hydrogen) atoms. The molecule has 118 valence electrons. The Morgan fingerprint density at radius 2 is 1.87 bits per heavy atom. The summed E-state index contributed by atoms with van der Waals surface area (Å²) in [5, 5.41) is 0. The Morgan fingerprint density at radius 1 is 1.17 bits per heavy atom. The van der Waals surface area contributed by atoms with Crippen LogP contribution in [-0.2, 0) is 11.2 Å². The average molecular weight is 320 g/mol. The molecule has 0 saturated heterocycles. The summed E-state index contributed by atoms with van der Waals surface area (Å²) in [6.07, 6.45) is -1.28. The number of likely N-dealkylation sites (N-methyl/N-ethyl adjacent to an activating group) is 1. The highest BCUT2D eigenvalue weighted by Crippen LogP contribution is 2.26. The van der Waals surface area contributed by atoms with Crippen LogP contribution >= 0.6 is 0 Å². The second-order valence-corrected chi connectivity index (χ2v) is 5.02. The highest BCUT2D eigenvalue weighted by Gasteiger charge is 2.18. The van der Waals surface area contributed by atoms with E-state index in [0.29, 0.717) is 0 Å². The van der Waals surface area contributed by atoms with Crippen molar-refractivity contribution < 1.29 is 22.6 Å². The predicted molar refractivity (Wildman–Crippen MR) is 92.5 cm³/mol. The first-order valence-corrected chi connectivity index (χ1v) is 6.65. The molecule has 0 saturated carbocycles. The van der Waals surface area contributed by atoms with Gasteiger partial charge in [-0.2, -0.15) is 0 Å². The van der Waals surface area contributed by atoms with Crippen LogP contribution in [0.3, 0.4) is 0 Å². The van der Waals surface area contributed by atoms with Gasteiger partial charge < -0.3 is 9.30 Å². The summed E-state index contributed by atoms with van der Waals surface area (Å²) in [5.74, 6) is -0.552. The van der Waals surface area contributed by atoms with E-state index in [1.807, 2.05) is 0 Å². The highest BCUT2D eigenvalue weighted by molar-refractivity contribution is 5.81. The zero-order valence-corrected chi connectivity index (χ0v) is 12.5. The van der Waals surface area contributed by atoms with Gasteiger partial charge in [-0.1, -0.05) is 35.8 Å². The number of pyridine rings is 1. The van der Waals surface area contributed by atoms with Gasteiger partial charge in [0.15, 0.2) is 0 Å². The number of hydrogen-bond acceptors (Lipinski definition) is 2. The van der Waals surface area contributed by atoms with Crippen molar-refractivity contribution in [1.29, 1.82) is 0 Å². The highest BCUT2D eigenvalue weighted by atomic mass is 16.2. The molecule has 0 atom stereocenters. The van der Waals surface area contributed by atoms with Crippen molar-refractivity contribution in [3.63, 3.8) is 0 Å². The molecule has 0 unspecified atom stereocenters. The minimum Gasteiger partial charge on any atom is -0.348 e. The zero-order chi connectivity index (χ0) is 27.7. The fourth-order valence-electron chi connectivity index (χ4n) is 2.01. The Balaban J connectivity index is 2.58. The largest absolute Gasteiger partial charge is 0.348 e. The number of fused-ring (bicyclic) bond motifs is 1. The van der Waals surface area contributed by atoms with Crippen molar-refractivity contribution >= 4 is 11.6 Å². The number of aromatic nitrogens is 2. The summed E-state index contributed by atoms with van der Waals surface area (Å²) in [6.45, 7) is -5.92. The smallest absolute Gasteiger partial charge is 0.228 e. The van der Waals surface area contributed by atoms with E-state index in [0.717, 1.165) is 4.40 Å². The molecule has 2 aromatic heterocycles. The first-order valence-electron chi connectivity index (χ1n) is 13.1. The molecule has 4 nitrogen and oxygen atoms in total. The second kappa shape index (κ2) is 5.88. The van der Waals surface area contributed by atoms with Gasteiger partial charge in [0.25, 0.3) is 0 Å². The number of nitrogens with zero attached hydrogens (tertiary/aromatic N) is 3. The Labute approximate surface area is 154 Å². The third-order valence-electron chi connectivity index (χ3n) is 3.17. The molecule has 2 heterocycles. The minimum absolute atomic E-state index is 0.199. The van der Waals surface area contributed by atoms with E-state index in [2.05, 4.69) is 4.98 Å². The molecule has 0 spiro atoms. The summed E-state index contributed by atoms with van der Waals surface area (Å²) >= 11 is 0. The number of carbonyl (C=O) groups excluding carboxylic acids is 1. The molecule has 1 amide bonds. The van der Waals surface area contributed by atoms with Crippen LogP contribution in [-0.4, -0.2) is 34.3 Å². The maximum atomic E-state index is 12.7. The fraction of sp³-hybridized carbons (Fsp3) is 0.263. The summed E-state index contributed by atoms with van der Waals surface area (Å²) in [7, 11) is 2.86. The second-order valence-electron chi connectivity index (χ2n) is 5.02. The molecular weight excluding hydrogens is 286 g/mol. The average Bonchev–Trinajstić information content (AvgIpc) is 3.08. The number of carbonyl (C=O) groups is 1. The van der Waals surface area contributed by atoms with E-state index in [4.69, 9.17) is 17.8 Å². The molecule has 0 aliphatic rings. The predicted octanol–water partition coefficient (Wildman–Crippen LogP) is 3.25. The lowest BCUT2D eigenvalue weighted by Gasteiger charge is -2.11. The quantitative estimate of drug-likeness (QED) is 0.743. The molecule has 1 aromatic carbocycles. The summed E-state index contributed by atoms with van der Waals surface area (Å²) in [4.78, 5) is 18.0. The van der Waals surface area contributed by atoms with Crippen molar-refractivity contribution in [1.82, 2.24) is 14.3 Å². The van der Waals surface area contributed by atoms with E-state index < -0.39 is 90.8 Å². The molecule has 0 fully saturated rings. The van der Waals surface area contributed by atoms with E-state index in [1.165, 1.54) is 19.0 Å². The van der Waals surface area contributed by atoms with Gasteiger partial charge in [-0.05, 0) is 25.3 Å². The van der Waals surface area contributed by atoms with Gasteiger partial charge in [0.2, 0.25) is 5.91 Å². The van der Waals surface area contributed by atoms with E-state index >= 15 is 0 Å². The molecule has 0 aliphatic heterocycles. The van der Waals surface area contributed by atoms with Gasteiger partial charge in [-0.3, -0.25) is 4.79 Å². The van der Waals surface area contributed by atoms with Crippen LogP contribution in [0.25, 0.3) is 16.9 Å². The number of hydrogen-bond donors (Lipinski definition) is 0. The minimum atomic E-state index is -2.96. The third kappa shape index (κ3) is 2.97. The van der Waals surface area contributed by atoms with Gasteiger partial charge in [-0.15, -0.1) is 0 Å². The van der Waals surface area contributed by atoms with E-state index in [1.54, 1.807) is 0 Å². The Kier molecular flexibility index (Phi) is 1.56. The Bertz CT molecular complexity index is 1370. The first kappa shape index (κ1) is 6.11. The van der Waals surface area contributed by atoms with Crippen LogP contribution in [0.4, 0.5) is 0 Å².